The summed E-state index contributed by atoms with van der Waals surface area (Å²) < 4.78 is 0. The predicted molar refractivity (Wildman–Crippen MR) is 139 cm³/mol. The largest absolute Gasteiger partial charge is 0.360 e. The van der Waals surface area contributed by atoms with Gasteiger partial charge in [0.15, 0.2) is 0 Å². The van der Waals surface area contributed by atoms with E-state index < -0.39 is 0 Å². The lowest BCUT2D eigenvalue weighted by Crippen LogP contribution is -3.15. The van der Waals surface area contributed by atoms with Crippen molar-refractivity contribution >= 4 is 34.7 Å². The standard InChI is InChI=1S/C29H28ClN3O2/c30-24-12-7-13-25(20-24)32-17-14-31(15-18-32)16-19-33-27(34)21-26(29(33)35)28(22-8-3-1-4-9-22)23-10-5-2-6-11-23/h1-13,20H,14-19,21H2/p+1. The van der Waals surface area contributed by atoms with Gasteiger partial charge in [0.25, 0.3) is 5.91 Å². The summed E-state index contributed by atoms with van der Waals surface area (Å²) in [6.45, 7) is 4.99. The monoisotopic (exact) mass is 486 g/mol. The zero-order chi connectivity index (χ0) is 24.2. The molecule has 2 fully saturated rings. The number of piperazine rings is 1. The Bertz CT molecular complexity index is 1190. The van der Waals surface area contributed by atoms with Gasteiger partial charge in [0.2, 0.25) is 5.91 Å². The van der Waals surface area contributed by atoms with E-state index in [-0.39, 0.29) is 18.2 Å². The number of anilines is 1. The molecule has 2 saturated heterocycles. The number of carbonyl (C=O) groups excluding carboxylic acids is 2. The minimum atomic E-state index is -0.158. The third-order valence-electron chi connectivity index (χ3n) is 6.89. The summed E-state index contributed by atoms with van der Waals surface area (Å²) in [4.78, 5) is 31.6. The summed E-state index contributed by atoms with van der Waals surface area (Å²) in [5, 5.41) is 0.748. The van der Waals surface area contributed by atoms with Crippen molar-refractivity contribution in [2.24, 2.45) is 0 Å². The molecule has 6 heteroatoms. The molecule has 3 aromatic rings. The van der Waals surface area contributed by atoms with E-state index in [1.807, 2.05) is 78.9 Å². The first-order chi connectivity index (χ1) is 17.1. The Kier molecular flexibility index (Phi) is 6.98. The lowest BCUT2D eigenvalue weighted by Gasteiger charge is -2.34. The highest BCUT2D eigenvalue weighted by molar-refractivity contribution is 6.30. The van der Waals surface area contributed by atoms with Crippen LogP contribution in [0, 0.1) is 0 Å². The minimum absolute atomic E-state index is 0.105. The summed E-state index contributed by atoms with van der Waals surface area (Å²) in [5.41, 5.74) is 4.51. The second-order valence-corrected chi connectivity index (χ2v) is 9.52. The SMILES string of the molecule is O=C1CC(=C(c2ccccc2)c2ccccc2)C(=O)N1CC[NH+]1CCN(c2cccc(Cl)c2)CC1. The number of hydrogen-bond donors (Lipinski definition) is 1. The van der Waals surface area contributed by atoms with E-state index in [2.05, 4.69) is 11.0 Å². The first-order valence-corrected chi connectivity index (χ1v) is 12.5. The molecule has 2 amide bonds. The average Bonchev–Trinajstić information content (AvgIpc) is 3.17. The zero-order valence-electron chi connectivity index (χ0n) is 19.6. The Morgan fingerprint density at radius 1 is 0.829 bits per heavy atom. The van der Waals surface area contributed by atoms with E-state index >= 15 is 0 Å². The molecule has 0 radical (unpaired) electrons. The molecule has 5 nitrogen and oxygen atoms in total. The molecule has 0 spiro atoms. The molecule has 35 heavy (non-hydrogen) atoms. The summed E-state index contributed by atoms with van der Waals surface area (Å²) in [7, 11) is 0. The Morgan fingerprint density at radius 2 is 1.46 bits per heavy atom. The van der Waals surface area contributed by atoms with Crippen LogP contribution in [0.2, 0.25) is 5.02 Å². The van der Waals surface area contributed by atoms with Crippen molar-refractivity contribution < 1.29 is 14.5 Å². The van der Waals surface area contributed by atoms with E-state index in [0.29, 0.717) is 12.1 Å². The third-order valence-corrected chi connectivity index (χ3v) is 7.13. The third kappa shape index (κ3) is 5.16. The Hall–Kier alpha value is -3.41. The fourth-order valence-corrected chi connectivity index (χ4v) is 5.20. The van der Waals surface area contributed by atoms with Crippen LogP contribution in [-0.4, -0.2) is 56.0 Å². The number of benzene rings is 3. The van der Waals surface area contributed by atoms with Crippen LogP contribution in [0.3, 0.4) is 0 Å². The molecule has 0 aliphatic carbocycles. The number of likely N-dealkylation sites (tertiary alicyclic amines) is 1. The molecule has 0 unspecified atom stereocenters. The summed E-state index contributed by atoms with van der Waals surface area (Å²) in [6, 6.07) is 27.7. The number of rotatable bonds is 6. The van der Waals surface area contributed by atoms with Gasteiger partial charge in [0, 0.05) is 16.3 Å². The van der Waals surface area contributed by atoms with Gasteiger partial charge in [0.05, 0.1) is 45.7 Å². The average molecular weight is 487 g/mol. The van der Waals surface area contributed by atoms with Crippen LogP contribution >= 0.6 is 11.6 Å². The normalized spacial score (nSPS) is 16.8. The summed E-state index contributed by atoms with van der Waals surface area (Å²) >= 11 is 6.15. The summed E-state index contributed by atoms with van der Waals surface area (Å²) in [5.74, 6) is -0.263. The van der Waals surface area contributed by atoms with Gasteiger partial charge in [-0.25, -0.2) is 0 Å². The highest BCUT2D eigenvalue weighted by Gasteiger charge is 2.37. The Morgan fingerprint density at radius 3 is 2.06 bits per heavy atom. The van der Waals surface area contributed by atoms with Crippen LogP contribution < -0.4 is 9.80 Å². The topological polar surface area (TPSA) is 45.1 Å². The first-order valence-electron chi connectivity index (χ1n) is 12.1. The lowest BCUT2D eigenvalue weighted by molar-refractivity contribution is -0.899. The maximum atomic E-state index is 13.5. The highest BCUT2D eigenvalue weighted by Crippen LogP contribution is 2.33. The number of carbonyl (C=O) groups is 2. The highest BCUT2D eigenvalue weighted by atomic mass is 35.5. The Labute approximate surface area is 211 Å². The van der Waals surface area contributed by atoms with Crippen molar-refractivity contribution in [1.29, 1.82) is 0 Å². The smallest absolute Gasteiger partial charge is 0.257 e. The van der Waals surface area contributed by atoms with Crippen LogP contribution in [-0.2, 0) is 9.59 Å². The fraction of sp³-hybridized carbons (Fsp3) is 0.241. The molecule has 178 valence electrons. The molecule has 0 atom stereocenters. The van der Waals surface area contributed by atoms with E-state index in [1.54, 1.807) is 0 Å². The van der Waals surface area contributed by atoms with Crippen molar-refractivity contribution in [3.05, 3.63) is 107 Å². The molecule has 3 aromatic carbocycles. The molecular weight excluding hydrogens is 458 g/mol. The number of amides is 2. The molecule has 2 heterocycles. The van der Waals surface area contributed by atoms with Crippen LogP contribution in [0.15, 0.2) is 90.5 Å². The van der Waals surface area contributed by atoms with E-state index in [1.165, 1.54) is 9.80 Å². The van der Waals surface area contributed by atoms with Crippen molar-refractivity contribution in [2.75, 3.05) is 44.2 Å². The van der Waals surface area contributed by atoms with E-state index in [9.17, 15) is 9.59 Å². The van der Waals surface area contributed by atoms with E-state index in [4.69, 9.17) is 11.6 Å². The number of imide groups is 1. The number of quaternary nitrogens is 1. The number of halogens is 1. The maximum Gasteiger partial charge on any atom is 0.257 e. The molecule has 0 saturated carbocycles. The zero-order valence-corrected chi connectivity index (χ0v) is 20.4. The van der Waals surface area contributed by atoms with Crippen molar-refractivity contribution in [1.82, 2.24) is 4.90 Å². The van der Waals surface area contributed by atoms with Gasteiger partial charge >= 0.3 is 0 Å². The van der Waals surface area contributed by atoms with Gasteiger partial charge < -0.3 is 9.80 Å². The molecular formula is C29H29ClN3O2+. The van der Waals surface area contributed by atoms with Crippen LogP contribution in [0.5, 0.6) is 0 Å². The number of nitrogens with one attached hydrogen (secondary N) is 1. The van der Waals surface area contributed by atoms with Gasteiger partial charge in [-0.2, -0.15) is 0 Å². The van der Waals surface area contributed by atoms with Gasteiger partial charge in [-0.1, -0.05) is 78.3 Å². The molecule has 2 aliphatic rings. The van der Waals surface area contributed by atoms with Crippen LogP contribution in [0.25, 0.3) is 5.57 Å². The van der Waals surface area contributed by atoms with Gasteiger partial charge in [-0.3, -0.25) is 14.5 Å². The Balaban J connectivity index is 1.28. The van der Waals surface area contributed by atoms with Crippen LogP contribution in [0.4, 0.5) is 5.69 Å². The minimum Gasteiger partial charge on any atom is -0.360 e. The van der Waals surface area contributed by atoms with Gasteiger partial charge in [-0.05, 0) is 34.9 Å². The van der Waals surface area contributed by atoms with Crippen molar-refractivity contribution in [2.45, 2.75) is 6.42 Å². The molecule has 1 N–H and O–H groups in total. The molecule has 5 rings (SSSR count). The van der Waals surface area contributed by atoms with Gasteiger partial charge in [0.1, 0.15) is 0 Å². The molecule has 2 aliphatic heterocycles. The second kappa shape index (κ2) is 10.5. The first kappa shape index (κ1) is 23.3. The predicted octanol–water partition coefficient (Wildman–Crippen LogP) is 3.31. The fourth-order valence-electron chi connectivity index (χ4n) is 5.02. The van der Waals surface area contributed by atoms with Crippen molar-refractivity contribution in [3.63, 3.8) is 0 Å². The summed E-state index contributed by atoms with van der Waals surface area (Å²) in [6.07, 6.45) is 0.149. The van der Waals surface area contributed by atoms with E-state index in [0.717, 1.165) is 60.1 Å². The lowest BCUT2D eigenvalue weighted by atomic mass is 9.92. The number of hydrogen-bond acceptors (Lipinski definition) is 3. The van der Waals surface area contributed by atoms with Crippen LogP contribution in [0.1, 0.15) is 17.5 Å². The molecule has 0 aromatic heterocycles. The van der Waals surface area contributed by atoms with Gasteiger partial charge in [-0.15, -0.1) is 0 Å². The number of nitrogens with zero attached hydrogens (tertiary/aromatic N) is 2. The molecule has 0 bridgehead atoms. The maximum absolute atomic E-state index is 13.5. The second-order valence-electron chi connectivity index (χ2n) is 9.08. The quantitative estimate of drug-likeness (QED) is 0.429. The van der Waals surface area contributed by atoms with Crippen molar-refractivity contribution in [3.8, 4) is 0 Å².